The summed E-state index contributed by atoms with van der Waals surface area (Å²) in [6.45, 7) is 1.62. The number of hydrogen-bond donors (Lipinski definition) is 2. The highest BCUT2D eigenvalue weighted by Crippen LogP contribution is 2.33. The molecule has 0 aliphatic rings. The van der Waals surface area contributed by atoms with E-state index in [1.807, 2.05) is 0 Å². The van der Waals surface area contributed by atoms with Gasteiger partial charge < -0.3 is 4.98 Å². The predicted molar refractivity (Wildman–Crippen MR) is 73.2 cm³/mol. The second-order valence-electron chi connectivity index (χ2n) is 3.68. The van der Waals surface area contributed by atoms with E-state index >= 15 is 0 Å². The Kier molecular flexibility index (Phi) is 3.84. The molecule has 0 saturated carbocycles. The highest BCUT2D eigenvalue weighted by molar-refractivity contribution is 9.10. The minimum atomic E-state index is -3.86. The van der Waals surface area contributed by atoms with Gasteiger partial charge in [-0.15, -0.1) is 0 Å². The summed E-state index contributed by atoms with van der Waals surface area (Å²) in [5.74, 6) is -0.109. The van der Waals surface area contributed by atoms with Crippen LogP contribution in [0.25, 0.3) is 0 Å². The minimum absolute atomic E-state index is 0.0494. The average Bonchev–Trinajstić information content (AvgIpc) is 2.71. The zero-order valence-corrected chi connectivity index (χ0v) is 12.7. The van der Waals surface area contributed by atoms with E-state index in [4.69, 9.17) is 11.6 Å². The molecule has 1 heterocycles. The number of anilines is 1. The van der Waals surface area contributed by atoms with Crippen molar-refractivity contribution in [1.82, 2.24) is 9.97 Å². The van der Waals surface area contributed by atoms with E-state index in [2.05, 4.69) is 30.6 Å². The van der Waals surface area contributed by atoms with Gasteiger partial charge >= 0.3 is 0 Å². The highest BCUT2D eigenvalue weighted by Gasteiger charge is 2.20. The van der Waals surface area contributed by atoms with Gasteiger partial charge in [-0.25, -0.2) is 9.37 Å². The summed E-state index contributed by atoms with van der Waals surface area (Å²) in [6, 6.07) is 2.13. The maximum atomic E-state index is 13.1. The van der Waals surface area contributed by atoms with Gasteiger partial charge in [-0.1, -0.05) is 11.6 Å². The molecular weight excluding hydrogens is 361 g/mol. The second kappa shape index (κ2) is 5.10. The first-order valence-corrected chi connectivity index (χ1v) is 7.64. The number of halogens is 3. The number of nitrogens with zero attached hydrogens (tertiary/aromatic N) is 1. The van der Waals surface area contributed by atoms with Gasteiger partial charge in [0.15, 0.2) is 5.03 Å². The van der Waals surface area contributed by atoms with Crippen molar-refractivity contribution in [2.45, 2.75) is 11.9 Å². The number of nitrogens with one attached hydrogen (secondary N) is 2. The Morgan fingerprint density at radius 2 is 2.16 bits per heavy atom. The molecule has 102 valence electrons. The van der Waals surface area contributed by atoms with Gasteiger partial charge in [-0.2, -0.15) is 8.42 Å². The number of imidazole rings is 1. The number of H-pyrrole nitrogens is 1. The van der Waals surface area contributed by atoms with Crippen molar-refractivity contribution >= 4 is 43.2 Å². The Bertz CT molecular complexity index is 709. The molecule has 0 spiro atoms. The topological polar surface area (TPSA) is 74.8 Å². The molecule has 0 amide bonds. The molecule has 0 radical (unpaired) electrons. The zero-order chi connectivity index (χ0) is 14.2. The Hall–Kier alpha value is -1.12. The lowest BCUT2D eigenvalue weighted by Gasteiger charge is -2.10. The maximum absolute atomic E-state index is 13.1. The largest absolute Gasteiger partial charge is 0.332 e. The molecular formula is C10H8BrClFN3O2S. The van der Waals surface area contributed by atoms with Gasteiger partial charge in [-0.3, -0.25) is 4.72 Å². The van der Waals surface area contributed by atoms with Crippen molar-refractivity contribution in [3.8, 4) is 0 Å². The highest BCUT2D eigenvalue weighted by atomic mass is 79.9. The molecule has 2 aromatic rings. The molecule has 9 heteroatoms. The Morgan fingerprint density at radius 1 is 1.47 bits per heavy atom. The van der Waals surface area contributed by atoms with Gasteiger partial charge in [0.2, 0.25) is 0 Å². The van der Waals surface area contributed by atoms with Crippen LogP contribution in [0.1, 0.15) is 5.82 Å². The number of aryl methyl sites for hydroxylation is 1. The van der Waals surface area contributed by atoms with Gasteiger partial charge in [0.05, 0.1) is 16.9 Å². The smallest absolute Gasteiger partial charge is 0.279 e. The van der Waals surface area contributed by atoms with Crippen molar-refractivity contribution < 1.29 is 12.8 Å². The average molecular weight is 369 g/mol. The van der Waals surface area contributed by atoms with E-state index in [1.165, 1.54) is 6.20 Å². The standard InChI is InChI=1S/C10H8BrClFN3O2S/c1-5-14-4-9(15-5)19(17,18)16-10-7(11)2-6(13)3-8(10)12/h2-4,16H,1H3,(H,14,15). The van der Waals surface area contributed by atoms with E-state index in [0.29, 0.717) is 5.82 Å². The van der Waals surface area contributed by atoms with E-state index < -0.39 is 15.8 Å². The molecule has 0 fully saturated rings. The summed E-state index contributed by atoms with van der Waals surface area (Å²) in [5.41, 5.74) is 0.0651. The van der Waals surface area contributed by atoms with E-state index in [9.17, 15) is 12.8 Å². The quantitative estimate of drug-likeness (QED) is 0.874. The number of aromatic amines is 1. The summed E-state index contributed by atoms with van der Waals surface area (Å²) in [7, 11) is -3.86. The Morgan fingerprint density at radius 3 is 2.68 bits per heavy atom. The van der Waals surface area contributed by atoms with Gasteiger partial charge in [-0.05, 0) is 35.0 Å². The number of rotatable bonds is 3. The number of benzene rings is 1. The third kappa shape index (κ3) is 3.07. The lowest BCUT2D eigenvalue weighted by atomic mass is 10.3. The van der Waals surface area contributed by atoms with Crippen molar-refractivity contribution in [3.05, 3.63) is 39.5 Å². The van der Waals surface area contributed by atoms with Crippen molar-refractivity contribution in [3.63, 3.8) is 0 Å². The first kappa shape index (κ1) is 14.3. The van der Waals surface area contributed by atoms with Crippen molar-refractivity contribution in [2.24, 2.45) is 0 Å². The molecule has 1 aromatic carbocycles. The van der Waals surface area contributed by atoms with Gasteiger partial charge in [0, 0.05) is 4.47 Å². The van der Waals surface area contributed by atoms with Gasteiger partial charge in [0.1, 0.15) is 11.6 Å². The fourth-order valence-electron chi connectivity index (χ4n) is 1.36. The SMILES string of the molecule is Cc1ncc(S(=O)(=O)Nc2c(Cl)cc(F)cc2Br)[nH]1. The fraction of sp³-hybridized carbons (Fsp3) is 0.100. The van der Waals surface area contributed by atoms with Gasteiger partial charge in [0.25, 0.3) is 10.0 Å². The molecule has 5 nitrogen and oxygen atoms in total. The molecule has 0 atom stereocenters. The monoisotopic (exact) mass is 367 g/mol. The lowest BCUT2D eigenvalue weighted by molar-refractivity contribution is 0.598. The second-order valence-corrected chi connectivity index (χ2v) is 6.60. The molecule has 0 unspecified atom stereocenters. The van der Waals surface area contributed by atoms with Crippen LogP contribution in [0, 0.1) is 12.7 Å². The number of aromatic nitrogens is 2. The van der Waals surface area contributed by atoms with Crippen LogP contribution in [0.3, 0.4) is 0 Å². The molecule has 0 saturated heterocycles. The van der Waals surface area contributed by atoms with Crippen molar-refractivity contribution in [1.29, 1.82) is 0 Å². The van der Waals surface area contributed by atoms with Crippen LogP contribution >= 0.6 is 27.5 Å². The normalized spacial score (nSPS) is 11.6. The Labute approximate surface area is 122 Å². The predicted octanol–water partition coefficient (Wildman–Crippen LogP) is 3.07. The fourth-order valence-corrected chi connectivity index (χ4v) is 3.52. The van der Waals surface area contributed by atoms with Crippen LogP contribution in [0.4, 0.5) is 10.1 Å². The third-order valence-corrected chi connectivity index (χ3v) is 4.40. The molecule has 2 N–H and O–H groups in total. The lowest BCUT2D eigenvalue weighted by Crippen LogP contribution is -2.14. The summed E-state index contributed by atoms with van der Waals surface area (Å²) < 4.78 is 39.6. The van der Waals surface area contributed by atoms with Crippen LogP contribution in [0.15, 0.2) is 27.8 Å². The third-order valence-electron chi connectivity index (χ3n) is 2.21. The van der Waals surface area contributed by atoms with Crippen LogP contribution in [-0.4, -0.2) is 18.4 Å². The number of sulfonamides is 1. The molecule has 0 bridgehead atoms. The Balaban J connectivity index is 2.41. The maximum Gasteiger partial charge on any atom is 0.279 e. The number of hydrogen-bond acceptors (Lipinski definition) is 3. The van der Waals surface area contributed by atoms with E-state index in [-0.39, 0.29) is 20.2 Å². The summed E-state index contributed by atoms with van der Waals surface area (Å²) in [5, 5.41) is -0.149. The van der Waals surface area contributed by atoms with E-state index in [0.717, 1.165) is 12.1 Å². The van der Waals surface area contributed by atoms with Crippen molar-refractivity contribution in [2.75, 3.05) is 4.72 Å². The molecule has 0 aliphatic carbocycles. The molecule has 2 rings (SSSR count). The molecule has 19 heavy (non-hydrogen) atoms. The minimum Gasteiger partial charge on any atom is -0.332 e. The summed E-state index contributed by atoms with van der Waals surface area (Å²) in [4.78, 5) is 6.40. The summed E-state index contributed by atoms with van der Waals surface area (Å²) in [6.07, 6.45) is 1.18. The first-order chi connectivity index (χ1) is 8.79. The molecule has 0 aliphatic heterocycles. The van der Waals surface area contributed by atoms with Crippen LogP contribution in [-0.2, 0) is 10.0 Å². The van der Waals surface area contributed by atoms with E-state index in [1.54, 1.807) is 6.92 Å². The van der Waals surface area contributed by atoms with Crippen LogP contribution in [0.2, 0.25) is 5.02 Å². The molecule has 1 aromatic heterocycles. The van der Waals surface area contributed by atoms with Crippen LogP contribution < -0.4 is 4.72 Å². The first-order valence-electron chi connectivity index (χ1n) is 4.98. The summed E-state index contributed by atoms with van der Waals surface area (Å²) >= 11 is 8.86. The van der Waals surface area contributed by atoms with Crippen LogP contribution in [0.5, 0.6) is 0 Å². The zero-order valence-electron chi connectivity index (χ0n) is 9.54.